The van der Waals surface area contributed by atoms with Crippen LogP contribution in [0.4, 0.5) is 4.79 Å². The molecule has 5 heteroatoms. The van der Waals surface area contributed by atoms with Gasteiger partial charge in [0.05, 0.1) is 4.91 Å². The number of thioether (sulfide) groups is 1. The molecule has 0 radical (unpaired) electrons. The summed E-state index contributed by atoms with van der Waals surface area (Å²) in [5, 5.41) is -0.233. The van der Waals surface area contributed by atoms with Gasteiger partial charge in [-0.1, -0.05) is 30.3 Å². The van der Waals surface area contributed by atoms with Gasteiger partial charge in [0, 0.05) is 18.2 Å². The molecule has 0 spiro atoms. The Kier molecular flexibility index (Phi) is 3.66. The Balaban J connectivity index is 1.87. The molecule has 0 saturated carbocycles. The number of benzene rings is 1. The van der Waals surface area contributed by atoms with Gasteiger partial charge < -0.3 is 4.42 Å². The highest BCUT2D eigenvalue weighted by atomic mass is 32.2. The third kappa shape index (κ3) is 2.64. The largest absolute Gasteiger partial charge is 0.457 e. The van der Waals surface area contributed by atoms with Crippen LogP contribution < -0.4 is 0 Å². The molecule has 0 aliphatic carbocycles. The van der Waals surface area contributed by atoms with Crippen molar-refractivity contribution < 1.29 is 14.0 Å². The van der Waals surface area contributed by atoms with Crippen LogP contribution in [0.3, 0.4) is 0 Å². The molecule has 2 aromatic rings. The summed E-state index contributed by atoms with van der Waals surface area (Å²) in [5.41, 5.74) is 0.971. The van der Waals surface area contributed by atoms with Crippen molar-refractivity contribution in [3.05, 3.63) is 53.1 Å². The van der Waals surface area contributed by atoms with E-state index in [1.54, 1.807) is 19.1 Å². The summed E-state index contributed by atoms with van der Waals surface area (Å²) >= 11 is 0.945. The van der Waals surface area contributed by atoms with Crippen LogP contribution in [0.5, 0.6) is 0 Å². The van der Waals surface area contributed by atoms with Crippen LogP contribution in [0.2, 0.25) is 0 Å². The molecule has 106 valence electrons. The van der Waals surface area contributed by atoms with Crippen molar-refractivity contribution in [1.82, 2.24) is 4.90 Å². The number of amides is 2. The minimum absolute atomic E-state index is 0.233. The molecule has 0 atom stereocenters. The van der Waals surface area contributed by atoms with Crippen LogP contribution in [-0.4, -0.2) is 22.6 Å². The molecule has 1 fully saturated rings. The maximum atomic E-state index is 12.0. The van der Waals surface area contributed by atoms with Crippen molar-refractivity contribution in [2.45, 2.75) is 6.92 Å². The van der Waals surface area contributed by atoms with E-state index in [0.29, 0.717) is 17.2 Å². The molecule has 21 heavy (non-hydrogen) atoms. The zero-order valence-electron chi connectivity index (χ0n) is 11.4. The van der Waals surface area contributed by atoms with E-state index < -0.39 is 0 Å². The Bertz CT molecular complexity index is 718. The normalized spacial score (nSPS) is 17.0. The summed E-state index contributed by atoms with van der Waals surface area (Å²) in [6, 6.07) is 13.4. The Hall–Kier alpha value is -2.27. The van der Waals surface area contributed by atoms with Gasteiger partial charge in [0.1, 0.15) is 11.5 Å². The highest BCUT2D eigenvalue weighted by Crippen LogP contribution is 2.33. The van der Waals surface area contributed by atoms with Crippen molar-refractivity contribution in [2.24, 2.45) is 0 Å². The highest BCUT2D eigenvalue weighted by molar-refractivity contribution is 8.18. The van der Waals surface area contributed by atoms with Gasteiger partial charge in [-0.05, 0) is 30.8 Å². The standard InChI is InChI=1S/C16H13NO3S/c1-2-17-15(18)14(21-16(17)19)10-12-8-9-13(20-12)11-6-4-3-5-7-11/h3-10H,2H2,1H3/b14-10+. The zero-order valence-corrected chi connectivity index (χ0v) is 12.2. The van der Waals surface area contributed by atoms with Crippen LogP contribution in [-0.2, 0) is 4.79 Å². The summed E-state index contributed by atoms with van der Waals surface area (Å²) in [6.07, 6.45) is 1.62. The van der Waals surface area contributed by atoms with Gasteiger partial charge in [-0.15, -0.1) is 0 Å². The summed E-state index contributed by atoms with van der Waals surface area (Å²) in [7, 11) is 0. The fourth-order valence-corrected chi connectivity index (χ4v) is 2.97. The van der Waals surface area contributed by atoms with Crippen molar-refractivity contribution >= 4 is 29.0 Å². The van der Waals surface area contributed by atoms with Crippen LogP contribution in [0.1, 0.15) is 12.7 Å². The first-order chi connectivity index (χ1) is 10.2. The highest BCUT2D eigenvalue weighted by Gasteiger charge is 2.33. The van der Waals surface area contributed by atoms with Crippen molar-refractivity contribution in [3.63, 3.8) is 0 Å². The van der Waals surface area contributed by atoms with Crippen LogP contribution >= 0.6 is 11.8 Å². The summed E-state index contributed by atoms with van der Waals surface area (Å²) < 4.78 is 5.71. The quantitative estimate of drug-likeness (QED) is 0.804. The molecule has 4 nitrogen and oxygen atoms in total. The molecular weight excluding hydrogens is 286 g/mol. The molecule has 1 aliphatic heterocycles. The molecule has 2 amide bonds. The van der Waals surface area contributed by atoms with Crippen LogP contribution in [0.25, 0.3) is 17.4 Å². The minimum Gasteiger partial charge on any atom is -0.457 e. The number of carbonyl (C=O) groups is 2. The Morgan fingerprint density at radius 1 is 1.14 bits per heavy atom. The number of carbonyl (C=O) groups excluding carboxylic acids is 2. The second-order valence-electron chi connectivity index (χ2n) is 4.49. The van der Waals surface area contributed by atoms with E-state index in [2.05, 4.69) is 0 Å². The molecule has 3 rings (SSSR count). The maximum Gasteiger partial charge on any atom is 0.293 e. The second kappa shape index (κ2) is 5.61. The smallest absolute Gasteiger partial charge is 0.293 e. The van der Waals surface area contributed by atoms with Gasteiger partial charge in [0.2, 0.25) is 0 Å². The van der Waals surface area contributed by atoms with Gasteiger partial charge in [0.25, 0.3) is 11.1 Å². The van der Waals surface area contributed by atoms with Crippen molar-refractivity contribution in [1.29, 1.82) is 0 Å². The fourth-order valence-electron chi connectivity index (χ4n) is 2.09. The predicted octanol–water partition coefficient (Wildman–Crippen LogP) is 4.00. The SMILES string of the molecule is CCN1C(=O)S/C(=C/c2ccc(-c3ccccc3)o2)C1=O. The van der Waals surface area contributed by atoms with Crippen LogP contribution in [0, 0.1) is 0 Å². The van der Waals surface area contributed by atoms with E-state index in [0.717, 1.165) is 23.1 Å². The first-order valence-electron chi connectivity index (χ1n) is 6.59. The predicted molar refractivity (Wildman–Crippen MR) is 82.5 cm³/mol. The van der Waals surface area contributed by atoms with Gasteiger partial charge in [-0.3, -0.25) is 14.5 Å². The molecule has 0 N–H and O–H groups in total. The fraction of sp³-hybridized carbons (Fsp3) is 0.125. The Labute approximate surface area is 126 Å². The van der Waals surface area contributed by atoms with Crippen molar-refractivity contribution in [2.75, 3.05) is 6.54 Å². The first-order valence-corrected chi connectivity index (χ1v) is 7.41. The lowest BCUT2D eigenvalue weighted by Crippen LogP contribution is -2.27. The lowest BCUT2D eigenvalue weighted by atomic mass is 10.2. The third-order valence-corrected chi connectivity index (χ3v) is 4.06. The monoisotopic (exact) mass is 299 g/mol. The minimum atomic E-state index is -0.259. The Morgan fingerprint density at radius 2 is 1.90 bits per heavy atom. The van der Waals surface area contributed by atoms with Gasteiger partial charge in [0.15, 0.2) is 0 Å². The number of likely N-dealkylation sites (N-methyl/N-ethyl adjacent to an activating group) is 1. The second-order valence-corrected chi connectivity index (χ2v) is 5.49. The first kappa shape index (κ1) is 13.7. The lowest BCUT2D eigenvalue weighted by Gasteiger charge is -2.06. The average Bonchev–Trinajstić information content (AvgIpc) is 3.06. The summed E-state index contributed by atoms with van der Waals surface area (Å²) in [6.45, 7) is 2.16. The number of nitrogens with zero attached hydrogens (tertiary/aromatic N) is 1. The molecule has 1 aromatic heterocycles. The third-order valence-electron chi connectivity index (χ3n) is 3.15. The molecule has 1 aromatic carbocycles. The number of rotatable bonds is 3. The molecule has 1 aliphatic rings. The summed E-state index contributed by atoms with van der Waals surface area (Å²) in [4.78, 5) is 25.3. The molecular formula is C16H13NO3S. The number of furan rings is 1. The molecule has 0 bridgehead atoms. The number of imide groups is 1. The molecule has 0 unspecified atom stereocenters. The van der Waals surface area contributed by atoms with Crippen LogP contribution in [0.15, 0.2) is 51.8 Å². The zero-order chi connectivity index (χ0) is 14.8. The van der Waals surface area contributed by atoms with E-state index >= 15 is 0 Å². The number of hydrogen-bond acceptors (Lipinski definition) is 4. The summed E-state index contributed by atoms with van der Waals surface area (Å²) in [5.74, 6) is 1.04. The number of hydrogen-bond donors (Lipinski definition) is 0. The molecule has 1 saturated heterocycles. The topological polar surface area (TPSA) is 50.5 Å². The van der Waals surface area contributed by atoms with E-state index in [9.17, 15) is 9.59 Å². The van der Waals surface area contributed by atoms with E-state index in [4.69, 9.17) is 4.42 Å². The average molecular weight is 299 g/mol. The molecule has 2 heterocycles. The van der Waals surface area contributed by atoms with E-state index in [1.165, 1.54) is 4.90 Å². The van der Waals surface area contributed by atoms with E-state index in [-0.39, 0.29) is 11.1 Å². The van der Waals surface area contributed by atoms with Crippen molar-refractivity contribution in [3.8, 4) is 11.3 Å². The lowest BCUT2D eigenvalue weighted by molar-refractivity contribution is -0.122. The maximum absolute atomic E-state index is 12.0. The van der Waals surface area contributed by atoms with Gasteiger partial charge >= 0.3 is 0 Å². The van der Waals surface area contributed by atoms with Gasteiger partial charge in [-0.25, -0.2) is 0 Å². The van der Waals surface area contributed by atoms with E-state index in [1.807, 2.05) is 36.4 Å². The van der Waals surface area contributed by atoms with Gasteiger partial charge in [-0.2, -0.15) is 0 Å². The Morgan fingerprint density at radius 3 is 2.57 bits per heavy atom.